The fraction of sp³-hybridized carbons (Fsp3) is 0.600. The van der Waals surface area contributed by atoms with Crippen molar-refractivity contribution < 1.29 is 8.42 Å². The van der Waals surface area contributed by atoms with Crippen molar-refractivity contribution in [2.45, 2.75) is 30.2 Å². The maximum atomic E-state index is 11.5. The van der Waals surface area contributed by atoms with Gasteiger partial charge < -0.3 is 10.6 Å². The fourth-order valence-corrected chi connectivity index (χ4v) is 4.21. The summed E-state index contributed by atoms with van der Waals surface area (Å²) in [4.78, 5) is 2.76. The van der Waals surface area contributed by atoms with Crippen LogP contribution in [0, 0.1) is 11.8 Å². The second kappa shape index (κ2) is 5.04. The lowest BCUT2D eigenvalue weighted by molar-refractivity contribution is 0.271. The second-order valence-electron chi connectivity index (χ2n) is 6.26. The van der Waals surface area contributed by atoms with Crippen molar-refractivity contribution >= 4 is 15.5 Å². The summed E-state index contributed by atoms with van der Waals surface area (Å²) in [5.74, 6) is 1.46. The maximum absolute atomic E-state index is 11.5. The highest BCUT2D eigenvalue weighted by molar-refractivity contribution is 7.90. The Kier molecular flexibility index (Phi) is 3.50. The molecule has 1 saturated heterocycles. The van der Waals surface area contributed by atoms with Crippen molar-refractivity contribution in [2.24, 2.45) is 17.6 Å². The number of hydrogen-bond donors (Lipinski definition) is 1. The average Bonchev–Trinajstić information content (AvgIpc) is 2.80. The Balaban J connectivity index is 1.75. The standard InChI is InChI=1S/C15H22N2O2S/c1-20(18,19)15-6-4-14(5-7-15)17-9-11-2-3-13(16)8-12(11)10-17/h4-7,11-13H,2-3,8-10,16H2,1H3/t11-,12+,13?/m1/s1. The van der Waals surface area contributed by atoms with Crippen molar-refractivity contribution in [1.82, 2.24) is 0 Å². The summed E-state index contributed by atoms with van der Waals surface area (Å²) in [6, 6.07) is 7.63. The Morgan fingerprint density at radius 2 is 1.75 bits per heavy atom. The monoisotopic (exact) mass is 294 g/mol. The molecular formula is C15H22N2O2S. The van der Waals surface area contributed by atoms with Crippen LogP contribution in [0.15, 0.2) is 29.2 Å². The molecule has 3 atom stereocenters. The molecule has 1 aliphatic carbocycles. The molecule has 1 aromatic rings. The minimum atomic E-state index is -3.11. The molecule has 1 heterocycles. The first-order valence-corrected chi connectivity index (χ1v) is 9.13. The number of benzene rings is 1. The van der Waals surface area contributed by atoms with Gasteiger partial charge in [-0.25, -0.2) is 8.42 Å². The SMILES string of the molecule is CS(=O)(=O)c1ccc(N2C[C@H]3CCC(N)C[C@H]3C2)cc1. The third-order valence-corrected chi connectivity index (χ3v) is 5.85. The van der Waals surface area contributed by atoms with Crippen molar-refractivity contribution in [2.75, 3.05) is 24.2 Å². The number of rotatable bonds is 2. The van der Waals surface area contributed by atoms with E-state index in [0.717, 1.165) is 37.5 Å². The van der Waals surface area contributed by atoms with Crippen LogP contribution in [0.3, 0.4) is 0 Å². The summed E-state index contributed by atoms with van der Waals surface area (Å²) < 4.78 is 23.0. The molecule has 2 fully saturated rings. The van der Waals surface area contributed by atoms with Gasteiger partial charge >= 0.3 is 0 Å². The van der Waals surface area contributed by atoms with Gasteiger partial charge in [-0.15, -0.1) is 0 Å². The van der Waals surface area contributed by atoms with Crippen molar-refractivity contribution in [3.8, 4) is 0 Å². The van der Waals surface area contributed by atoms with E-state index in [-0.39, 0.29) is 0 Å². The van der Waals surface area contributed by atoms with E-state index in [1.54, 1.807) is 12.1 Å². The lowest BCUT2D eigenvalue weighted by Gasteiger charge is -2.27. The van der Waals surface area contributed by atoms with Crippen LogP contribution in [0.2, 0.25) is 0 Å². The van der Waals surface area contributed by atoms with Crippen molar-refractivity contribution in [3.63, 3.8) is 0 Å². The van der Waals surface area contributed by atoms with Crippen LogP contribution in [0.25, 0.3) is 0 Å². The third-order valence-electron chi connectivity index (χ3n) is 4.72. The molecule has 110 valence electrons. The van der Waals surface area contributed by atoms with E-state index in [1.807, 2.05) is 12.1 Å². The Morgan fingerprint density at radius 3 is 2.40 bits per heavy atom. The topological polar surface area (TPSA) is 63.4 Å². The smallest absolute Gasteiger partial charge is 0.175 e. The van der Waals surface area contributed by atoms with Crippen LogP contribution in [0.4, 0.5) is 5.69 Å². The van der Waals surface area contributed by atoms with E-state index in [1.165, 1.54) is 12.7 Å². The van der Waals surface area contributed by atoms with Gasteiger partial charge in [-0.2, -0.15) is 0 Å². The van der Waals surface area contributed by atoms with Crippen LogP contribution in [-0.4, -0.2) is 33.8 Å². The molecule has 4 nitrogen and oxygen atoms in total. The van der Waals surface area contributed by atoms with Crippen LogP contribution >= 0.6 is 0 Å². The molecule has 1 unspecified atom stereocenters. The average molecular weight is 294 g/mol. The summed E-state index contributed by atoms with van der Waals surface area (Å²) in [7, 11) is -3.11. The van der Waals surface area contributed by atoms with Crippen molar-refractivity contribution in [1.29, 1.82) is 0 Å². The molecule has 1 aromatic carbocycles. The van der Waals surface area contributed by atoms with Crippen LogP contribution in [0.5, 0.6) is 0 Å². The number of hydrogen-bond acceptors (Lipinski definition) is 4. The predicted molar refractivity (Wildman–Crippen MR) is 80.6 cm³/mol. The largest absolute Gasteiger partial charge is 0.371 e. The highest BCUT2D eigenvalue weighted by atomic mass is 32.2. The molecule has 1 aliphatic heterocycles. The Labute approximate surface area is 120 Å². The number of sulfone groups is 1. The molecular weight excluding hydrogens is 272 g/mol. The zero-order chi connectivity index (χ0) is 14.3. The van der Waals surface area contributed by atoms with Gasteiger partial charge in [0.15, 0.2) is 9.84 Å². The number of anilines is 1. The zero-order valence-electron chi connectivity index (χ0n) is 11.8. The number of fused-ring (bicyclic) bond motifs is 1. The van der Waals surface area contributed by atoms with Crippen molar-refractivity contribution in [3.05, 3.63) is 24.3 Å². The van der Waals surface area contributed by atoms with Gasteiger partial charge in [0.05, 0.1) is 4.90 Å². The first-order valence-electron chi connectivity index (χ1n) is 7.24. The minimum Gasteiger partial charge on any atom is -0.371 e. The maximum Gasteiger partial charge on any atom is 0.175 e. The number of nitrogens with zero attached hydrogens (tertiary/aromatic N) is 1. The summed E-state index contributed by atoms with van der Waals surface area (Å²) in [6.45, 7) is 2.13. The highest BCUT2D eigenvalue weighted by Gasteiger charge is 2.36. The lowest BCUT2D eigenvalue weighted by Crippen LogP contribution is -2.32. The van der Waals surface area contributed by atoms with Crippen LogP contribution in [0.1, 0.15) is 19.3 Å². The second-order valence-corrected chi connectivity index (χ2v) is 8.28. The molecule has 3 rings (SSSR count). The first kappa shape index (κ1) is 13.9. The van der Waals surface area contributed by atoms with E-state index in [4.69, 9.17) is 5.73 Å². The van der Waals surface area contributed by atoms with E-state index in [9.17, 15) is 8.42 Å². The fourth-order valence-electron chi connectivity index (χ4n) is 3.58. The summed E-state index contributed by atoms with van der Waals surface area (Å²) in [6.07, 6.45) is 4.74. The zero-order valence-corrected chi connectivity index (χ0v) is 12.6. The van der Waals surface area contributed by atoms with Gasteiger partial charge in [-0.05, 0) is 55.4 Å². The van der Waals surface area contributed by atoms with Gasteiger partial charge in [0.2, 0.25) is 0 Å². The summed E-state index contributed by atoms with van der Waals surface area (Å²) in [5, 5.41) is 0. The molecule has 2 aliphatic rings. The molecule has 5 heteroatoms. The van der Waals surface area contributed by atoms with Gasteiger partial charge in [-0.3, -0.25) is 0 Å². The van der Waals surface area contributed by atoms with Gasteiger partial charge in [0, 0.05) is 31.1 Å². The Bertz CT molecular complexity index is 582. The highest BCUT2D eigenvalue weighted by Crippen LogP contribution is 2.37. The molecule has 1 saturated carbocycles. The summed E-state index contributed by atoms with van der Waals surface area (Å²) in [5.41, 5.74) is 7.18. The number of nitrogens with two attached hydrogens (primary N) is 1. The quantitative estimate of drug-likeness (QED) is 0.901. The van der Waals surface area contributed by atoms with Gasteiger partial charge in [0.25, 0.3) is 0 Å². The minimum absolute atomic E-state index is 0.365. The van der Waals surface area contributed by atoms with E-state index < -0.39 is 9.84 Å². The molecule has 0 aromatic heterocycles. The lowest BCUT2D eigenvalue weighted by atomic mass is 9.79. The Morgan fingerprint density at radius 1 is 1.10 bits per heavy atom. The van der Waals surface area contributed by atoms with Gasteiger partial charge in [0.1, 0.15) is 0 Å². The summed E-state index contributed by atoms with van der Waals surface area (Å²) >= 11 is 0. The normalized spacial score (nSPS) is 30.3. The molecule has 0 spiro atoms. The third kappa shape index (κ3) is 2.69. The van der Waals surface area contributed by atoms with E-state index >= 15 is 0 Å². The van der Waals surface area contributed by atoms with E-state index in [2.05, 4.69) is 4.90 Å². The molecule has 2 N–H and O–H groups in total. The molecule has 0 amide bonds. The Hall–Kier alpha value is -1.07. The molecule has 0 radical (unpaired) electrons. The van der Waals surface area contributed by atoms with Gasteiger partial charge in [-0.1, -0.05) is 0 Å². The van der Waals surface area contributed by atoms with E-state index in [0.29, 0.717) is 16.9 Å². The predicted octanol–water partition coefficient (Wildman–Crippen LogP) is 1.65. The van der Waals surface area contributed by atoms with Crippen LogP contribution in [-0.2, 0) is 9.84 Å². The van der Waals surface area contributed by atoms with Crippen LogP contribution < -0.4 is 10.6 Å². The molecule has 20 heavy (non-hydrogen) atoms. The molecule has 0 bridgehead atoms. The first-order chi connectivity index (χ1) is 9.43.